The Hall–Kier alpha value is -3.72. The zero-order chi connectivity index (χ0) is 25.9. The molecule has 2 aromatic rings. The summed E-state index contributed by atoms with van der Waals surface area (Å²) in [4.78, 5) is 53.1. The molecule has 1 saturated carbocycles. The predicted octanol–water partition coefficient (Wildman–Crippen LogP) is 2.21. The van der Waals surface area contributed by atoms with E-state index in [0.717, 1.165) is 48.7 Å². The lowest BCUT2D eigenvalue weighted by Crippen LogP contribution is -2.44. The van der Waals surface area contributed by atoms with Gasteiger partial charge in [-0.25, -0.2) is 0 Å². The lowest BCUT2D eigenvalue weighted by molar-refractivity contribution is -0.133. The average Bonchev–Trinajstić information content (AvgIpc) is 3.22. The van der Waals surface area contributed by atoms with Gasteiger partial charge in [-0.05, 0) is 54.3 Å². The van der Waals surface area contributed by atoms with Gasteiger partial charge in [-0.2, -0.15) is 0 Å². The van der Waals surface area contributed by atoms with E-state index in [1.807, 2.05) is 24.3 Å². The van der Waals surface area contributed by atoms with Gasteiger partial charge >= 0.3 is 0 Å². The highest BCUT2D eigenvalue weighted by molar-refractivity contribution is 6.07. The van der Waals surface area contributed by atoms with E-state index in [-0.39, 0.29) is 36.3 Å². The molecular weight excluding hydrogens is 472 g/mol. The number of Topliss-reactive ketones (excluding diaryl/α,β-unsaturated/α-hetero) is 2. The van der Waals surface area contributed by atoms with Crippen LogP contribution in [0.2, 0.25) is 0 Å². The highest BCUT2D eigenvalue weighted by atomic mass is 16.5. The number of carbonyl (C=O) groups is 4. The van der Waals surface area contributed by atoms with Crippen LogP contribution in [0.3, 0.4) is 0 Å². The van der Waals surface area contributed by atoms with Gasteiger partial charge in [0.15, 0.2) is 5.78 Å². The topological polar surface area (TPSA) is 108 Å². The Kier molecular flexibility index (Phi) is 7.23. The summed E-state index contributed by atoms with van der Waals surface area (Å²) in [6, 6.07) is 11.1. The third kappa shape index (κ3) is 5.51. The Morgan fingerprint density at radius 3 is 2.65 bits per heavy atom. The van der Waals surface area contributed by atoms with Gasteiger partial charge in [0, 0.05) is 49.5 Å². The van der Waals surface area contributed by atoms with Gasteiger partial charge in [0.25, 0.3) is 5.91 Å². The summed E-state index contributed by atoms with van der Waals surface area (Å²) in [7, 11) is 0. The van der Waals surface area contributed by atoms with E-state index in [4.69, 9.17) is 4.74 Å². The molecule has 0 radical (unpaired) electrons. The van der Waals surface area contributed by atoms with Gasteiger partial charge in [0.1, 0.15) is 5.78 Å². The number of benzene rings is 2. The molecule has 2 amide bonds. The van der Waals surface area contributed by atoms with E-state index < -0.39 is 6.04 Å². The van der Waals surface area contributed by atoms with Crippen LogP contribution in [0, 0.1) is 6.92 Å². The third-order valence-corrected chi connectivity index (χ3v) is 7.31. The Labute approximate surface area is 216 Å². The summed E-state index contributed by atoms with van der Waals surface area (Å²) in [5.41, 5.74) is 5.54. The van der Waals surface area contributed by atoms with Gasteiger partial charge in [-0.3, -0.25) is 19.2 Å². The molecule has 2 fully saturated rings. The highest BCUT2D eigenvalue weighted by Crippen LogP contribution is 2.29. The molecular formula is C28H32N4O5. The fourth-order valence-corrected chi connectivity index (χ4v) is 5.32. The number of nitrogens with one attached hydrogen (secondary N) is 2. The van der Waals surface area contributed by atoms with Crippen molar-refractivity contribution < 1.29 is 23.9 Å². The Morgan fingerprint density at radius 1 is 1.08 bits per heavy atom. The largest absolute Gasteiger partial charge is 0.378 e. The van der Waals surface area contributed by atoms with Crippen molar-refractivity contribution in [2.75, 3.05) is 43.1 Å². The number of ketones is 2. The SMILES string of the molecule is Cc1cc(NCC(=O)NCc2ccc3c(c2)CN(C2CCC(=O)CC2=O)C3=O)ccc1N1CCOCC1. The maximum atomic E-state index is 12.9. The fraction of sp³-hybridized carbons (Fsp3) is 0.429. The maximum absolute atomic E-state index is 12.9. The van der Waals surface area contributed by atoms with Gasteiger partial charge in [0.2, 0.25) is 5.91 Å². The van der Waals surface area contributed by atoms with E-state index in [9.17, 15) is 19.2 Å². The first-order valence-corrected chi connectivity index (χ1v) is 12.8. The summed E-state index contributed by atoms with van der Waals surface area (Å²) < 4.78 is 5.43. The van der Waals surface area contributed by atoms with Crippen LogP contribution in [0.1, 0.15) is 46.3 Å². The number of morpholine rings is 1. The number of anilines is 2. The Balaban J connectivity index is 1.12. The molecule has 1 saturated heterocycles. The van der Waals surface area contributed by atoms with Crippen LogP contribution in [0.25, 0.3) is 0 Å². The van der Waals surface area contributed by atoms with Crippen LogP contribution in [0.15, 0.2) is 36.4 Å². The second-order valence-electron chi connectivity index (χ2n) is 9.89. The summed E-state index contributed by atoms with van der Waals surface area (Å²) in [6.07, 6.45) is 0.635. The van der Waals surface area contributed by atoms with Crippen molar-refractivity contribution in [3.05, 3.63) is 58.7 Å². The van der Waals surface area contributed by atoms with Crippen molar-refractivity contribution in [3.8, 4) is 0 Å². The molecule has 0 bridgehead atoms. The first-order chi connectivity index (χ1) is 17.9. The number of amides is 2. The molecule has 37 heavy (non-hydrogen) atoms. The molecule has 1 atom stereocenters. The second-order valence-corrected chi connectivity index (χ2v) is 9.89. The number of hydrogen-bond acceptors (Lipinski definition) is 7. The van der Waals surface area contributed by atoms with Crippen molar-refractivity contribution in [2.24, 2.45) is 0 Å². The number of hydrogen-bond donors (Lipinski definition) is 2. The summed E-state index contributed by atoms with van der Waals surface area (Å²) in [5.74, 6) is -0.538. The van der Waals surface area contributed by atoms with E-state index in [2.05, 4.69) is 28.5 Å². The van der Waals surface area contributed by atoms with Crippen LogP contribution in [0.4, 0.5) is 11.4 Å². The zero-order valence-electron chi connectivity index (χ0n) is 21.0. The second kappa shape index (κ2) is 10.7. The molecule has 0 spiro atoms. The van der Waals surface area contributed by atoms with E-state index in [0.29, 0.717) is 31.5 Å². The lowest BCUT2D eigenvalue weighted by Gasteiger charge is -2.30. The molecule has 2 aliphatic heterocycles. The van der Waals surface area contributed by atoms with Crippen LogP contribution in [-0.2, 0) is 32.2 Å². The first kappa shape index (κ1) is 25.0. The molecule has 5 rings (SSSR count). The number of fused-ring (bicyclic) bond motifs is 1. The number of nitrogens with zero attached hydrogens (tertiary/aromatic N) is 2. The van der Waals surface area contributed by atoms with Crippen LogP contribution in [-0.4, -0.2) is 67.2 Å². The molecule has 2 N–H and O–H groups in total. The minimum Gasteiger partial charge on any atom is -0.378 e. The predicted molar refractivity (Wildman–Crippen MR) is 139 cm³/mol. The molecule has 0 aromatic heterocycles. The molecule has 9 nitrogen and oxygen atoms in total. The van der Waals surface area contributed by atoms with Crippen molar-refractivity contribution in [1.82, 2.24) is 10.2 Å². The molecule has 3 aliphatic rings. The minimum absolute atomic E-state index is 0.0573. The van der Waals surface area contributed by atoms with Crippen LogP contribution < -0.4 is 15.5 Å². The quantitative estimate of drug-likeness (QED) is 0.557. The molecule has 9 heteroatoms. The molecule has 1 aliphatic carbocycles. The van der Waals surface area contributed by atoms with Crippen molar-refractivity contribution in [1.29, 1.82) is 0 Å². The van der Waals surface area contributed by atoms with E-state index >= 15 is 0 Å². The normalized spacial score (nSPS) is 19.7. The highest BCUT2D eigenvalue weighted by Gasteiger charge is 2.38. The monoisotopic (exact) mass is 504 g/mol. The number of aryl methyl sites for hydroxylation is 1. The Morgan fingerprint density at radius 2 is 1.89 bits per heavy atom. The number of ether oxygens (including phenoxy) is 1. The lowest BCUT2D eigenvalue weighted by atomic mass is 9.92. The van der Waals surface area contributed by atoms with Crippen molar-refractivity contribution in [3.63, 3.8) is 0 Å². The van der Waals surface area contributed by atoms with Crippen molar-refractivity contribution in [2.45, 2.75) is 45.3 Å². The van der Waals surface area contributed by atoms with E-state index in [1.165, 1.54) is 5.69 Å². The number of carbonyl (C=O) groups excluding carboxylic acids is 4. The molecule has 2 aromatic carbocycles. The Bertz CT molecular complexity index is 1240. The summed E-state index contributed by atoms with van der Waals surface area (Å²) in [5, 5.41) is 6.11. The zero-order valence-corrected chi connectivity index (χ0v) is 21.0. The van der Waals surface area contributed by atoms with Gasteiger partial charge in [-0.15, -0.1) is 0 Å². The van der Waals surface area contributed by atoms with Gasteiger partial charge in [0.05, 0.1) is 32.2 Å². The smallest absolute Gasteiger partial charge is 0.255 e. The average molecular weight is 505 g/mol. The molecule has 194 valence electrons. The molecule has 2 heterocycles. The van der Waals surface area contributed by atoms with E-state index in [1.54, 1.807) is 11.0 Å². The first-order valence-electron chi connectivity index (χ1n) is 12.8. The third-order valence-electron chi connectivity index (χ3n) is 7.31. The summed E-state index contributed by atoms with van der Waals surface area (Å²) >= 11 is 0. The molecule has 1 unspecified atom stereocenters. The van der Waals surface area contributed by atoms with Gasteiger partial charge in [-0.1, -0.05) is 12.1 Å². The van der Waals surface area contributed by atoms with Crippen LogP contribution >= 0.6 is 0 Å². The summed E-state index contributed by atoms with van der Waals surface area (Å²) in [6.45, 7) is 6.14. The number of rotatable bonds is 7. The van der Waals surface area contributed by atoms with Crippen molar-refractivity contribution >= 4 is 34.8 Å². The maximum Gasteiger partial charge on any atom is 0.255 e. The standard InChI is InChI=1S/C28H32N4O5/c1-18-12-21(3-6-24(18)31-8-10-37-11-9-31)29-16-27(35)30-15-19-2-5-23-20(13-19)17-32(28(23)36)25-7-4-22(33)14-26(25)34/h2-3,5-6,12-13,25,29H,4,7-11,14-17H2,1H3,(H,30,35). The minimum atomic E-state index is -0.529. The van der Waals surface area contributed by atoms with Gasteiger partial charge < -0.3 is 25.2 Å². The van der Waals surface area contributed by atoms with Crippen LogP contribution in [0.5, 0.6) is 0 Å². The fourth-order valence-electron chi connectivity index (χ4n) is 5.32.